The van der Waals surface area contributed by atoms with Crippen molar-refractivity contribution in [1.82, 2.24) is 0 Å². The summed E-state index contributed by atoms with van der Waals surface area (Å²) in [5.41, 5.74) is 3.32. The van der Waals surface area contributed by atoms with Crippen molar-refractivity contribution < 1.29 is 23.1 Å². The topological polar surface area (TPSA) is 83.9 Å². The van der Waals surface area contributed by atoms with Gasteiger partial charge in [-0.25, -0.2) is 13.2 Å². The molecular formula is C27H29NO5S. The third-order valence-corrected chi connectivity index (χ3v) is 8.99. The summed E-state index contributed by atoms with van der Waals surface area (Å²) in [5.74, 6) is -0.504. The van der Waals surface area contributed by atoms with Crippen molar-refractivity contribution >= 4 is 21.5 Å². The molecule has 0 spiro atoms. The van der Waals surface area contributed by atoms with Gasteiger partial charge in [-0.15, -0.1) is 0 Å². The number of aliphatic carboxylic acids is 1. The third-order valence-electron chi connectivity index (χ3n) is 6.56. The second kappa shape index (κ2) is 9.89. The molecule has 0 fully saturated rings. The van der Waals surface area contributed by atoms with Crippen LogP contribution < -0.4 is 9.64 Å². The van der Waals surface area contributed by atoms with E-state index in [-0.39, 0.29) is 5.75 Å². The van der Waals surface area contributed by atoms with Gasteiger partial charge in [0.2, 0.25) is 0 Å². The number of nitrogens with zero attached hydrogens (tertiary/aromatic N) is 1. The molecule has 0 radical (unpaired) electrons. The molecule has 4 rings (SSSR count). The number of carbonyl (C=O) groups is 1. The third kappa shape index (κ3) is 4.66. The maximum atomic E-state index is 13.9. The van der Waals surface area contributed by atoms with Gasteiger partial charge >= 0.3 is 5.97 Å². The number of carboxylic acids is 1. The van der Waals surface area contributed by atoms with Gasteiger partial charge in [0.15, 0.2) is 16.4 Å². The first-order chi connectivity index (χ1) is 16.3. The van der Waals surface area contributed by atoms with Gasteiger partial charge in [-0.1, -0.05) is 66.7 Å². The Morgan fingerprint density at radius 2 is 1.59 bits per heavy atom. The fourth-order valence-corrected chi connectivity index (χ4v) is 6.51. The van der Waals surface area contributed by atoms with E-state index >= 15 is 0 Å². The van der Waals surface area contributed by atoms with Crippen LogP contribution in [0.5, 0.6) is 5.75 Å². The highest BCUT2D eigenvalue weighted by Gasteiger charge is 2.42. The Labute approximate surface area is 200 Å². The first-order valence-electron chi connectivity index (χ1n) is 11.4. The molecule has 0 aromatic heterocycles. The quantitative estimate of drug-likeness (QED) is 0.493. The van der Waals surface area contributed by atoms with Gasteiger partial charge in [-0.3, -0.25) is 0 Å². The molecule has 0 saturated heterocycles. The lowest BCUT2D eigenvalue weighted by atomic mass is 9.92. The fourth-order valence-electron chi connectivity index (χ4n) is 4.65. The zero-order chi connectivity index (χ0) is 24.2. The van der Waals surface area contributed by atoms with E-state index in [2.05, 4.69) is 4.90 Å². The van der Waals surface area contributed by atoms with Crippen LogP contribution in [-0.4, -0.2) is 44.9 Å². The van der Waals surface area contributed by atoms with E-state index in [9.17, 15) is 13.2 Å². The Morgan fingerprint density at radius 3 is 2.18 bits per heavy atom. The highest BCUT2D eigenvalue weighted by molar-refractivity contribution is 7.92. The van der Waals surface area contributed by atoms with Gasteiger partial charge in [-0.2, -0.15) is 0 Å². The van der Waals surface area contributed by atoms with Crippen LogP contribution in [0.4, 0.5) is 5.69 Å². The largest absolute Gasteiger partial charge is 0.482 e. The number of hydrogen-bond acceptors (Lipinski definition) is 5. The second-order valence-electron chi connectivity index (χ2n) is 8.61. The molecule has 1 N–H and O–H groups in total. The second-order valence-corrected chi connectivity index (χ2v) is 11.1. The normalized spacial score (nSPS) is 13.9. The number of ether oxygens (including phenoxy) is 1. The van der Waals surface area contributed by atoms with Crippen LogP contribution in [0, 0.1) is 0 Å². The lowest BCUT2D eigenvalue weighted by Gasteiger charge is -2.35. The smallest absolute Gasteiger partial charge is 0.341 e. The minimum atomic E-state index is -3.61. The van der Waals surface area contributed by atoms with Crippen molar-refractivity contribution in [2.75, 3.05) is 30.3 Å². The van der Waals surface area contributed by atoms with Crippen molar-refractivity contribution in [3.63, 3.8) is 0 Å². The van der Waals surface area contributed by atoms with Gasteiger partial charge in [0.25, 0.3) is 0 Å². The van der Waals surface area contributed by atoms with E-state index in [0.717, 1.165) is 41.8 Å². The van der Waals surface area contributed by atoms with Gasteiger partial charge in [-0.05, 0) is 43.0 Å². The highest BCUT2D eigenvalue weighted by atomic mass is 32.2. The van der Waals surface area contributed by atoms with Crippen LogP contribution in [0.25, 0.3) is 0 Å². The van der Waals surface area contributed by atoms with Crippen molar-refractivity contribution in [2.45, 2.75) is 24.5 Å². The molecule has 6 nitrogen and oxygen atoms in total. The van der Waals surface area contributed by atoms with E-state index in [4.69, 9.17) is 9.84 Å². The summed E-state index contributed by atoms with van der Waals surface area (Å²) in [7, 11) is -3.61. The standard InChI is InChI=1S/C27H29NO5S/c1-27(21-10-4-2-5-11-21,22-12-6-3-7-13-22)34(31,32)19-18-28-17-9-14-23-24(28)15-8-16-25(23)33-20-26(29)30/h2-8,10-13,15-16H,9,14,17-20H2,1H3,(H,29,30). The summed E-state index contributed by atoms with van der Waals surface area (Å²) in [6, 6.07) is 24.2. The molecule has 178 valence electrons. The van der Waals surface area contributed by atoms with Crippen LogP contribution in [0.1, 0.15) is 30.0 Å². The van der Waals surface area contributed by atoms with E-state index in [1.807, 2.05) is 72.8 Å². The van der Waals surface area contributed by atoms with Crippen molar-refractivity contribution in [1.29, 1.82) is 0 Å². The average Bonchev–Trinajstić information content (AvgIpc) is 2.86. The number of anilines is 1. The van der Waals surface area contributed by atoms with Crippen LogP contribution in [0.15, 0.2) is 78.9 Å². The molecule has 0 bridgehead atoms. The van der Waals surface area contributed by atoms with Crippen LogP contribution in [0.3, 0.4) is 0 Å². The molecule has 1 aliphatic heterocycles. The van der Waals surface area contributed by atoms with Crippen LogP contribution >= 0.6 is 0 Å². The maximum Gasteiger partial charge on any atom is 0.341 e. The molecular weight excluding hydrogens is 450 g/mol. The minimum Gasteiger partial charge on any atom is -0.482 e. The van der Waals surface area contributed by atoms with Crippen molar-refractivity contribution in [3.05, 3.63) is 95.6 Å². The number of carboxylic acid groups (broad SMARTS) is 1. The van der Waals surface area contributed by atoms with Crippen molar-refractivity contribution in [3.8, 4) is 5.75 Å². The van der Waals surface area contributed by atoms with Gasteiger partial charge in [0, 0.05) is 24.3 Å². The summed E-state index contributed by atoms with van der Waals surface area (Å²) < 4.78 is 32.2. The number of sulfone groups is 1. The Bertz CT molecular complexity index is 1200. The molecule has 3 aromatic rings. The molecule has 0 atom stereocenters. The molecule has 1 aliphatic rings. The predicted molar refractivity (Wildman–Crippen MR) is 133 cm³/mol. The van der Waals surface area contributed by atoms with Crippen molar-refractivity contribution in [2.24, 2.45) is 0 Å². The summed E-state index contributed by atoms with van der Waals surface area (Å²) in [6.45, 7) is 2.46. The summed E-state index contributed by atoms with van der Waals surface area (Å²) in [5, 5.41) is 8.97. The Morgan fingerprint density at radius 1 is 0.971 bits per heavy atom. The zero-order valence-corrected chi connectivity index (χ0v) is 20.0. The van der Waals surface area contributed by atoms with E-state index < -0.39 is 27.2 Å². The Hall–Kier alpha value is -3.32. The summed E-state index contributed by atoms with van der Waals surface area (Å²) in [4.78, 5) is 13.0. The Balaban J connectivity index is 1.62. The lowest BCUT2D eigenvalue weighted by molar-refractivity contribution is -0.139. The summed E-state index contributed by atoms with van der Waals surface area (Å²) in [6.07, 6.45) is 1.61. The lowest BCUT2D eigenvalue weighted by Crippen LogP contribution is -2.41. The predicted octanol–water partition coefficient (Wildman–Crippen LogP) is 4.28. The number of hydrogen-bond donors (Lipinski definition) is 1. The molecule has 34 heavy (non-hydrogen) atoms. The van der Waals surface area contributed by atoms with Crippen LogP contribution in [-0.2, 0) is 25.8 Å². The first kappa shape index (κ1) is 23.8. The number of benzene rings is 3. The van der Waals surface area contributed by atoms with Gasteiger partial charge in [0.1, 0.15) is 10.5 Å². The number of rotatable bonds is 9. The zero-order valence-electron chi connectivity index (χ0n) is 19.2. The maximum absolute atomic E-state index is 13.9. The Kier molecular flexibility index (Phi) is 6.93. The monoisotopic (exact) mass is 479 g/mol. The number of fused-ring (bicyclic) bond motifs is 1. The molecule has 1 heterocycles. The molecule has 7 heteroatoms. The summed E-state index contributed by atoms with van der Waals surface area (Å²) >= 11 is 0. The molecule has 3 aromatic carbocycles. The van der Waals surface area contributed by atoms with Crippen LogP contribution in [0.2, 0.25) is 0 Å². The average molecular weight is 480 g/mol. The van der Waals surface area contributed by atoms with E-state index in [1.54, 1.807) is 13.0 Å². The van der Waals surface area contributed by atoms with E-state index in [1.165, 1.54) is 0 Å². The first-order valence-corrected chi connectivity index (χ1v) is 13.0. The fraction of sp³-hybridized carbons (Fsp3) is 0.296. The molecule has 0 aliphatic carbocycles. The minimum absolute atomic E-state index is 0.0209. The molecule has 0 unspecified atom stereocenters. The van der Waals surface area contributed by atoms with Gasteiger partial charge < -0.3 is 14.7 Å². The molecule has 0 amide bonds. The van der Waals surface area contributed by atoms with Gasteiger partial charge in [0.05, 0.1) is 5.75 Å². The SMILES string of the molecule is CC(c1ccccc1)(c1ccccc1)S(=O)(=O)CCN1CCCc2c(OCC(=O)O)cccc21. The van der Waals surface area contributed by atoms with E-state index in [0.29, 0.717) is 12.3 Å². The molecule has 0 saturated carbocycles. The highest BCUT2D eigenvalue weighted by Crippen LogP contribution is 2.39.